The number of ketones is 1. The van der Waals surface area contributed by atoms with E-state index in [1.165, 1.54) is 14.0 Å². The quantitative estimate of drug-likeness (QED) is 0.489. The molecule has 66 valence electrons. The van der Waals surface area contributed by atoms with Gasteiger partial charge < -0.3 is 16.2 Å². The fraction of sp³-hybridized carbons (Fsp3) is 0.667. The van der Waals surface area contributed by atoms with Crippen molar-refractivity contribution in [3.8, 4) is 0 Å². The minimum Gasteiger partial charge on any atom is -0.468 e. The number of nitrogens with two attached hydrogens (primary N) is 2. The second-order valence-electron chi connectivity index (χ2n) is 1.69. The summed E-state index contributed by atoms with van der Waals surface area (Å²) in [6.45, 7) is 1.59. The van der Waals surface area contributed by atoms with E-state index < -0.39 is 0 Å². The second kappa shape index (κ2) is 9.06. The van der Waals surface area contributed by atoms with E-state index in [0.717, 1.165) is 0 Å². The average Bonchev–Trinajstić information content (AvgIpc) is 2.04. The van der Waals surface area contributed by atoms with Crippen molar-refractivity contribution in [2.45, 2.75) is 6.92 Å². The van der Waals surface area contributed by atoms with Crippen molar-refractivity contribution < 1.29 is 14.3 Å². The first-order valence-electron chi connectivity index (χ1n) is 3.04. The van der Waals surface area contributed by atoms with Gasteiger partial charge in [0.05, 0.1) is 20.2 Å². The maximum atomic E-state index is 9.83. The second-order valence-corrected chi connectivity index (χ2v) is 1.69. The number of methoxy groups -OCH3 is 1. The summed E-state index contributed by atoms with van der Waals surface area (Å²) in [4.78, 5) is 19.5. The van der Waals surface area contributed by atoms with Gasteiger partial charge in [-0.05, 0) is 6.92 Å². The number of rotatable bonds is 2. The molecule has 0 aliphatic heterocycles. The molecule has 0 saturated heterocycles. The first kappa shape index (κ1) is 12.7. The molecule has 4 N–H and O–H groups in total. The number of ether oxygens (including phenoxy) is 1. The van der Waals surface area contributed by atoms with Gasteiger partial charge in [-0.2, -0.15) is 0 Å². The molecule has 0 bridgehead atoms. The van der Waals surface area contributed by atoms with E-state index in [1.54, 1.807) is 0 Å². The molecule has 0 amide bonds. The van der Waals surface area contributed by atoms with Gasteiger partial charge in [-0.3, -0.25) is 9.59 Å². The van der Waals surface area contributed by atoms with E-state index in [-0.39, 0.29) is 24.8 Å². The molecule has 0 aliphatic rings. The van der Waals surface area contributed by atoms with Crippen molar-refractivity contribution >= 4 is 11.8 Å². The highest BCUT2D eigenvalue weighted by Crippen LogP contribution is 1.61. The van der Waals surface area contributed by atoms with Gasteiger partial charge in [0.25, 0.3) is 0 Å². The lowest BCUT2D eigenvalue weighted by molar-refractivity contribution is -0.138. The molecule has 0 radical (unpaired) electrons. The van der Waals surface area contributed by atoms with Crippen LogP contribution in [0.3, 0.4) is 0 Å². The van der Waals surface area contributed by atoms with Crippen LogP contribution < -0.4 is 11.5 Å². The molecular formula is C6H14N2O3. The normalized spacial score (nSPS) is 7.64. The molecule has 0 heterocycles. The van der Waals surface area contributed by atoms with Crippen molar-refractivity contribution in [3.63, 3.8) is 0 Å². The maximum absolute atomic E-state index is 9.83. The molecule has 5 heteroatoms. The summed E-state index contributed by atoms with van der Waals surface area (Å²) in [5.41, 5.74) is 9.63. The third-order valence-electron chi connectivity index (χ3n) is 0.682. The van der Waals surface area contributed by atoms with Crippen molar-refractivity contribution in [2.75, 3.05) is 20.2 Å². The number of hydrogen-bond donors (Lipinski definition) is 2. The molecule has 0 aromatic heterocycles. The molecular weight excluding hydrogens is 148 g/mol. The summed E-state index contributed by atoms with van der Waals surface area (Å²) in [6, 6.07) is 0. The number of carbonyl (C=O) groups excluding carboxylic acids is 2. The highest BCUT2D eigenvalue weighted by atomic mass is 16.5. The topological polar surface area (TPSA) is 95.4 Å². The molecule has 0 aromatic rings. The van der Waals surface area contributed by atoms with Crippen LogP contribution in [0.4, 0.5) is 0 Å². The Morgan fingerprint density at radius 2 is 1.64 bits per heavy atom. The monoisotopic (exact) mass is 162 g/mol. The molecule has 0 fully saturated rings. The van der Waals surface area contributed by atoms with E-state index in [2.05, 4.69) is 4.74 Å². The van der Waals surface area contributed by atoms with Crippen LogP contribution in [0.15, 0.2) is 0 Å². The van der Waals surface area contributed by atoms with Crippen molar-refractivity contribution in [1.82, 2.24) is 0 Å². The molecule has 0 aliphatic carbocycles. The molecule has 5 nitrogen and oxygen atoms in total. The lowest BCUT2D eigenvalue weighted by Crippen LogP contribution is -2.14. The van der Waals surface area contributed by atoms with Gasteiger partial charge in [0, 0.05) is 0 Å². The fourth-order valence-electron chi connectivity index (χ4n) is 0.0833. The van der Waals surface area contributed by atoms with Crippen LogP contribution in [0.2, 0.25) is 0 Å². The van der Waals surface area contributed by atoms with E-state index in [1.807, 2.05) is 0 Å². The summed E-state index contributed by atoms with van der Waals surface area (Å²) in [5.74, 6) is -0.347. The molecule has 0 saturated carbocycles. The predicted octanol–water partition coefficient (Wildman–Crippen LogP) is -1.35. The Hall–Kier alpha value is -0.940. The first-order valence-corrected chi connectivity index (χ1v) is 3.04. The summed E-state index contributed by atoms with van der Waals surface area (Å²) >= 11 is 0. The average molecular weight is 162 g/mol. The molecule has 0 spiro atoms. The summed E-state index contributed by atoms with van der Waals surface area (Å²) in [7, 11) is 1.30. The van der Waals surface area contributed by atoms with Gasteiger partial charge >= 0.3 is 5.97 Å². The van der Waals surface area contributed by atoms with Crippen LogP contribution in [0.25, 0.3) is 0 Å². The minimum absolute atomic E-state index is 0.0312. The standard InChI is InChI=1S/C3H7NO2.C3H7NO/c1-6-3(5)2-4;1-3(5)2-4/h2,4H2,1H3;2,4H2,1H3. The van der Waals surface area contributed by atoms with E-state index >= 15 is 0 Å². The lowest BCUT2D eigenvalue weighted by atomic mass is 10.5. The fourth-order valence-corrected chi connectivity index (χ4v) is 0.0833. The number of carbonyl (C=O) groups is 2. The Kier molecular flexibility index (Phi) is 10.5. The zero-order valence-electron chi connectivity index (χ0n) is 6.79. The zero-order valence-corrected chi connectivity index (χ0v) is 6.79. The van der Waals surface area contributed by atoms with Gasteiger partial charge in [0.2, 0.25) is 0 Å². The van der Waals surface area contributed by atoms with E-state index in [4.69, 9.17) is 11.5 Å². The molecule has 0 atom stereocenters. The van der Waals surface area contributed by atoms with Crippen LogP contribution in [-0.2, 0) is 14.3 Å². The molecule has 0 unspecified atom stereocenters. The Labute approximate surface area is 65.7 Å². The number of hydrogen-bond acceptors (Lipinski definition) is 5. The Balaban J connectivity index is 0. The van der Waals surface area contributed by atoms with E-state index in [9.17, 15) is 9.59 Å². The van der Waals surface area contributed by atoms with Crippen molar-refractivity contribution in [1.29, 1.82) is 0 Å². The largest absolute Gasteiger partial charge is 0.468 e. The van der Waals surface area contributed by atoms with Crippen molar-refractivity contribution in [2.24, 2.45) is 11.5 Å². The van der Waals surface area contributed by atoms with E-state index in [0.29, 0.717) is 0 Å². The molecule has 0 rings (SSSR count). The zero-order chi connectivity index (χ0) is 9.28. The summed E-state index contributed by atoms with van der Waals surface area (Å²) in [6.07, 6.45) is 0. The lowest BCUT2D eigenvalue weighted by Gasteiger charge is -1.87. The Morgan fingerprint density at radius 3 is 1.64 bits per heavy atom. The SMILES string of the molecule is CC(=O)CN.COC(=O)CN. The van der Waals surface area contributed by atoms with Gasteiger partial charge in [-0.1, -0.05) is 0 Å². The Morgan fingerprint density at radius 1 is 1.27 bits per heavy atom. The van der Waals surface area contributed by atoms with Gasteiger partial charge in [0.15, 0.2) is 0 Å². The smallest absolute Gasteiger partial charge is 0.319 e. The first-order chi connectivity index (χ1) is 5.08. The highest BCUT2D eigenvalue weighted by Gasteiger charge is 1.87. The van der Waals surface area contributed by atoms with Gasteiger partial charge in [-0.25, -0.2) is 0 Å². The minimum atomic E-state index is -0.380. The van der Waals surface area contributed by atoms with Crippen LogP contribution in [0, 0.1) is 0 Å². The maximum Gasteiger partial charge on any atom is 0.319 e. The third-order valence-corrected chi connectivity index (χ3v) is 0.682. The van der Waals surface area contributed by atoms with Crippen LogP contribution in [0.5, 0.6) is 0 Å². The van der Waals surface area contributed by atoms with Crippen LogP contribution in [-0.4, -0.2) is 32.0 Å². The third kappa shape index (κ3) is 17.6. The highest BCUT2D eigenvalue weighted by molar-refractivity contribution is 5.77. The van der Waals surface area contributed by atoms with Gasteiger partial charge in [-0.15, -0.1) is 0 Å². The Bertz CT molecular complexity index is 119. The molecule has 0 aromatic carbocycles. The van der Waals surface area contributed by atoms with Crippen LogP contribution >= 0.6 is 0 Å². The van der Waals surface area contributed by atoms with Gasteiger partial charge in [0.1, 0.15) is 5.78 Å². The van der Waals surface area contributed by atoms with Crippen LogP contribution in [0.1, 0.15) is 6.92 Å². The summed E-state index contributed by atoms with van der Waals surface area (Å²) < 4.78 is 4.14. The summed E-state index contributed by atoms with van der Waals surface area (Å²) in [5, 5.41) is 0. The number of esters is 1. The predicted molar refractivity (Wildman–Crippen MR) is 40.8 cm³/mol. The molecule has 11 heavy (non-hydrogen) atoms. The van der Waals surface area contributed by atoms with Crippen molar-refractivity contribution in [3.05, 3.63) is 0 Å². The number of Topliss-reactive ketones (excluding diaryl/α,β-unsaturated/α-hetero) is 1.